The first-order valence-electron chi connectivity index (χ1n) is 10.0. The minimum atomic E-state index is -0.666. The predicted octanol–water partition coefficient (Wildman–Crippen LogP) is -0.561. The lowest BCUT2D eigenvalue weighted by atomic mass is 9.63. The summed E-state index contributed by atoms with van der Waals surface area (Å²) in [5.41, 5.74) is 3.86. The fourth-order valence-corrected chi connectivity index (χ4v) is 5.86. The van der Waals surface area contributed by atoms with Gasteiger partial charge in [-0.05, 0) is 18.6 Å². The Bertz CT molecular complexity index is 893. The molecule has 3 atom stereocenters. The maximum Gasteiger partial charge on any atom is 0.335 e. The molecule has 0 radical (unpaired) electrons. The standard InChI is InChI=1S/C22H26N2O4.ClH/c1-21(27-10-11-28-21)13-14-12-17-22(8-9-24(17)2)15-6-4-5-7-16(15)23-19(22)18(14)20(25)26-3;/h4-7,14,17H,2,8-13H2,1,3H3;1H/t14-,17-,22+;/m0./s1. The second kappa shape index (κ2) is 7.11. The SMILES string of the molecule is C=[N+]1CC[C@]23C(=C(C(=O)OC)[C@H](CC4(C)OCCO4)C[C@H]12)Nc1ccccc13.[Cl-]. The molecule has 5 rings (SSSR count). The smallest absolute Gasteiger partial charge is 0.335 e. The molecule has 0 amide bonds. The van der Waals surface area contributed by atoms with Gasteiger partial charge in [-0.25, -0.2) is 9.37 Å². The van der Waals surface area contributed by atoms with Crippen molar-refractivity contribution in [3.05, 3.63) is 41.1 Å². The van der Waals surface area contributed by atoms with Crippen molar-refractivity contribution in [1.29, 1.82) is 0 Å². The largest absolute Gasteiger partial charge is 1.00 e. The highest BCUT2D eigenvalue weighted by Gasteiger charge is 2.63. The molecule has 29 heavy (non-hydrogen) atoms. The molecule has 0 aromatic heterocycles. The number of anilines is 1. The van der Waals surface area contributed by atoms with E-state index in [-0.39, 0.29) is 35.8 Å². The maximum atomic E-state index is 13.0. The number of hydrogen-bond acceptors (Lipinski definition) is 5. The van der Waals surface area contributed by atoms with Crippen LogP contribution in [0.1, 0.15) is 31.7 Å². The molecular formula is C22H27ClN2O4. The van der Waals surface area contributed by atoms with E-state index in [2.05, 4.69) is 34.8 Å². The summed E-state index contributed by atoms with van der Waals surface area (Å²) in [6.45, 7) is 8.37. The third kappa shape index (κ3) is 2.84. The number of rotatable bonds is 3. The average Bonchev–Trinajstić information content (AvgIpc) is 3.36. The van der Waals surface area contributed by atoms with Crippen LogP contribution in [-0.4, -0.2) is 56.0 Å². The number of nitrogens with zero attached hydrogens (tertiary/aromatic N) is 1. The summed E-state index contributed by atoms with van der Waals surface area (Å²) in [5.74, 6) is -0.948. The van der Waals surface area contributed by atoms with E-state index in [9.17, 15) is 4.79 Å². The highest BCUT2D eigenvalue weighted by atomic mass is 35.5. The molecule has 2 saturated heterocycles. The lowest BCUT2D eigenvalue weighted by Gasteiger charge is -2.39. The van der Waals surface area contributed by atoms with Crippen molar-refractivity contribution in [3.8, 4) is 0 Å². The lowest BCUT2D eigenvalue weighted by Crippen LogP contribution is -3.00. The monoisotopic (exact) mass is 418 g/mol. The highest BCUT2D eigenvalue weighted by molar-refractivity contribution is 5.93. The number of ether oxygens (including phenoxy) is 3. The molecule has 6 nitrogen and oxygen atoms in total. The summed E-state index contributed by atoms with van der Waals surface area (Å²) in [5, 5.41) is 3.59. The normalized spacial score (nSPS) is 31.4. The molecule has 1 spiro atoms. The number of benzene rings is 1. The number of nitrogens with one attached hydrogen (secondary N) is 1. The Morgan fingerprint density at radius 1 is 1.34 bits per heavy atom. The van der Waals surface area contributed by atoms with Crippen LogP contribution in [0.5, 0.6) is 0 Å². The van der Waals surface area contributed by atoms with Crippen LogP contribution in [-0.2, 0) is 24.4 Å². The molecule has 0 saturated carbocycles. The molecule has 1 aromatic carbocycles. The molecule has 1 aliphatic carbocycles. The van der Waals surface area contributed by atoms with Gasteiger partial charge in [-0.2, -0.15) is 0 Å². The van der Waals surface area contributed by atoms with E-state index in [0.29, 0.717) is 19.6 Å². The van der Waals surface area contributed by atoms with Crippen molar-refractivity contribution in [2.24, 2.45) is 5.92 Å². The minimum Gasteiger partial charge on any atom is -1.00 e. The quantitative estimate of drug-likeness (QED) is 0.527. The lowest BCUT2D eigenvalue weighted by molar-refractivity contribution is -0.542. The molecule has 4 aliphatic rings. The summed E-state index contributed by atoms with van der Waals surface area (Å²) < 4.78 is 19.2. The number of esters is 1. The number of hydrogen-bond donors (Lipinski definition) is 1. The van der Waals surface area contributed by atoms with Crippen molar-refractivity contribution in [2.75, 3.05) is 32.2 Å². The van der Waals surface area contributed by atoms with Gasteiger partial charge >= 0.3 is 5.97 Å². The topological polar surface area (TPSA) is 59.8 Å². The van der Waals surface area contributed by atoms with Crippen LogP contribution in [0.4, 0.5) is 5.69 Å². The van der Waals surface area contributed by atoms with E-state index >= 15 is 0 Å². The maximum absolute atomic E-state index is 13.0. The summed E-state index contributed by atoms with van der Waals surface area (Å²) in [4.78, 5) is 13.0. The predicted molar refractivity (Wildman–Crippen MR) is 104 cm³/mol. The summed E-state index contributed by atoms with van der Waals surface area (Å²) in [7, 11) is 1.46. The van der Waals surface area contributed by atoms with Crippen LogP contribution in [0.15, 0.2) is 35.5 Å². The van der Waals surface area contributed by atoms with Crippen LogP contribution >= 0.6 is 0 Å². The zero-order valence-electron chi connectivity index (χ0n) is 16.9. The highest BCUT2D eigenvalue weighted by Crippen LogP contribution is 2.58. The van der Waals surface area contributed by atoms with Gasteiger partial charge in [-0.3, -0.25) is 0 Å². The van der Waals surface area contributed by atoms with Gasteiger partial charge in [0.05, 0.1) is 25.9 Å². The van der Waals surface area contributed by atoms with Crippen LogP contribution in [0.3, 0.4) is 0 Å². The average molecular weight is 419 g/mol. The number of para-hydroxylation sites is 1. The van der Waals surface area contributed by atoms with E-state index in [1.54, 1.807) is 0 Å². The zero-order chi connectivity index (χ0) is 19.5. The first kappa shape index (κ1) is 20.4. The van der Waals surface area contributed by atoms with Crippen LogP contribution in [0.25, 0.3) is 0 Å². The van der Waals surface area contributed by atoms with Gasteiger partial charge in [0.1, 0.15) is 18.7 Å². The second-order valence-electron chi connectivity index (χ2n) is 8.47. The fourth-order valence-electron chi connectivity index (χ4n) is 5.86. The Kier molecular flexibility index (Phi) is 5.00. The fraction of sp³-hybridized carbons (Fsp3) is 0.545. The van der Waals surface area contributed by atoms with Crippen LogP contribution < -0.4 is 17.7 Å². The van der Waals surface area contributed by atoms with Gasteiger partial charge in [0.15, 0.2) is 11.8 Å². The first-order chi connectivity index (χ1) is 13.5. The molecule has 1 N–H and O–H groups in total. The Labute approximate surface area is 177 Å². The van der Waals surface area contributed by atoms with Crippen LogP contribution in [0.2, 0.25) is 0 Å². The summed E-state index contributed by atoms with van der Waals surface area (Å²) in [6.07, 6.45) is 2.40. The molecule has 3 aliphatic heterocycles. The van der Waals surface area contributed by atoms with Gasteiger partial charge in [0, 0.05) is 36.6 Å². The Hall–Kier alpha value is -1.89. The van der Waals surface area contributed by atoms with Gasteiger partial charge < -0.3 is 31.9 Å². The van der Waals surface area contributed by atoms with Crippen molar-refractivity contribution in [2.45, 2.75) is 43.4 Å². The van der Waals surface area contributed by atoms with Crippen LogP contribution in [0, 0.1) is 5.92 Å². The van der Waals surface area contributed by atoms with Crippen molar-refractivity contribution in [3.63, 3.8) is 0 Å². The van der Waals surface area contributed by atoms with E-state index < -0.39 is 5.79 Å². The molecule has 0 unspecified atom stereocenters. The number of fused-ring (bicyclic) bond motifs is 1. The molecule has 7 heteroatoms. The van der Waals surface area contributed by atoms with E-state index in [1.807, 2.05) is 13.0 Å². The van der Waals surface area contributed by atoms with Gasteiger partial charge in [-0.1, -0.05) is 18.2 Å². The molecule has 3 heterocycles. The Morgan fingerprint density at radius 3 is 2.79 bits per heavy atom. The number of halogens is 1. The number of carbonyl (C=O) groups is 1. The van der Waals surface area contributed by atoms with Gasteiger partial charge in [0.2, 0.25) is 0 Å². The zero-order valence-corrected chi connectivity index (χ0v) is 17.6. The third-order valence-corrected chi connectivity index (χ3v) is 7.02. The molecule has 1 aromatic rings. The molecule has 0 bridgehead atoms. The Morgan fingerprint density at radius 2 is 2.07 bits per heavy atom. The molecular weight excluding hydrogens is 392 g/mol. The Balaban J connectivity index is 0.00000205. The van der Waals surface area contributed by atoms with E-state index in [4.69, 9.17) is 14.2 Å². The summed E-state index contributed by atoms with van der Waals surface area (Å²) in [6, 6.07) is 8.60. The van der Waals surface area contributed by atoms with Crippen molar-refractivity contribution < 1.29 is 36.0 Å². The third-order valence-electron chi connectivity index (χ3n) is 7.02. The molecule has 2 fully saturated rings. The summed E-state index contributed by atoms with van der Waals surface area (Å²) >= 11 is 0. The van der Waals surface area contributed by atoms with Gasteiger partial charge in [0.25, 0.3) is 0 Å². The van der Waals surface area contributed by atoms with Gasteiger partial charge in [-0.15, -0.1) is 0 Å². The first-order valence-corrected chi connectivity index (χ1v) is 10.0. The van der Waals surface area contributed by atoms with E-state index in [0.717, 1.165) is 36.3 Å². The second-order valence-corrected chi connectivity index (χ2v) is 8.47. The number of carbonyl (C=O) groups excluding carboxylic acids is 1. The minimum absolute atomic E-state index is 0. The number of methoxy groups -OCH3 is 1. The molecule has 156 valence electrons. The van der Waals surface area contributed by atoms with Crippen molar-refractivity contribution in [1.82, 2.24) is 0 Å². The van der Waals surface area contributed by atoms with Crippen molar-refractivity contribution >= 4 is 18.4 Å². The van der Waals surface area contributed by atoms with E-state index in [1.165, 1.54) is 12.7 Å².